The second-order valence-corrected chi connectivity index (χ2v) is 7.37. The molecule has 1 saturated heterocycles. The van der Waals surface area contributed by atoms with E-state index >= 15 is 0 Å². The summed E-state index contributed by atoms with van der Waals surface area (Å²) in [5.74, 6) is 0.686. The van der Waals surface area contributed by atoms with Gasteiger partial charge in [-0.05, 0) is 11.1 Å². The van der Waals surface area contributed by atoms with Crippen molar-refractivity contribution in [3.05, 3.63) is 84.4 Å². The first-order valence-corrected chi connectivity index (χ1v) is 10.1. The Bertz CT molecular complexity index is 1100. The number of carbonyl (C=O) groups is 1. The van der Waals surface area contributed by atoms with Gasteiger partial charge in [0.25, 0.3) is 0 Å². The molecule has 1 fully saturated rings. The smallest absolute Gasteiger partial charge is 0.234 e. The van der Waals surface area contributed by atoms with Crippen molar-refractivity contribution in [1.29, 1.82) is 0 Å². The number of hydrogen-bond donors (Lipinski definition) is 1. The molecule has 0 bridgehead atoms. The monoisotopic (exact) mass is 398 g/mol. The Morgan fingerprint density at radius 1 is 0.833 bits per heavy atom. The SMILES string of the molecule is O=C(C(c1ccccc1)c1ccccc1)N1CCN(c2ncnc3nc[nH]c23)CC1. The van der Waals surface area contributed by atoms with Gasteiger partial charge in [0.05, 0.1) is 12.2 Å². The second-order valence-electron chi connectivity index (χ2n) is 7.37. The van der Waals surface area contributed by atoms with Gasteiger partial charge in [0, 0.05) is 26.2 Å². The fourth-order valence-electron chi connectivity index (χ4n) is 4.08. The lowest BCUT2D eigenvalue weighted by molar-refractivity contribution is -0.132. The highest BCUT2D eigenvalue weighted by atomic mass is 16.2. The highest BCUT2D eigenvalue weighted by Crippen LogP contribution is 2.28. The third-order valence-corrected chi connectivity index (χ3v) is 5.61. The fourth-order valence-corrected chi connectivity index (χ4v) is 4.08. The Morgan fingerprint density at radius 3 is 2.10 bits per heavy atom. The molecular weight excluding hydrogens is 376 g/mol. The lowest BCUT2D eigenvalue weighted by Crippen LogP contribution is -2.50. The number of H-pyrrole nitrogens is 1. The first kappa shape index (κ1) is 18.3. The third kappa shape index (κ3) is 3.39. The normalized spacial score (nSPS) is 14.4. The molecule has 0 saturated carbocycles. The van der Waals surface area contributed by atoms with Gasteiger partial charge in [-0.1, -0.05) is 60.7 Å². The number of carbonyl (C=O) groups excluding carboxylic acids is 1. The van der Waals surface area contributed by atoms with Crippen molar-refractivity contribution in [2.75, 3.05) is 31.1 Å². The summed E-state index contributed by atoms with van der Waals surface area (Å²) in [7, 11) is 0. The lowest BCUT2D eigenvalue weighted by Gasteiger charge is -2.37. The van der Waals surface area contributed by atoms with Crippen LogP contribution in [0.25, 0.3) is 11.2 Å². The zero-order valence-electron chi connectivity index (χ0n) is 16.5. The summed E-state index contributed by atoms with van der Waals surface area (Å²) in [4.78, 5) is 33.7. The summed E-state index contributed by atoms with van der Waals surface area (Å²) in [5.41, 5.74) is 3.53. The summed E-state index contributed by atoms with van der Waals surface area (Å²) in [6, 6.07) is 20.0. The molecule has 0 atom stereocenters. The zero-order valence-corrected chi connectivity index (χ0v) is 16.5. The molecule has 3 heterocycles. The highest BCUT2D eigenvalue weighted by molar-refractivity contribution is 5.88. The molecule has 2 aromatic carbocycles. The van der Waals surface area contributed by atoms with Crippen molar-refractivity contribution in [3.8, 4) is 0 Å². The van der Waals surface area contributed by atoms with Crippen LogP contribution in [0.1, 0.15) is 17.0 Å². The van der Waals surface area contributed by atoms with Crippen molar-refractivity contribution in [2.24, 2.45) is 0 Å². The van der Waals surface area contributed by atoms with Gasteiger partial charge in [-0.15, -0.1) is 0 Å². The minimum atomic E-state index is -0.294. The number of aromatic nitrogens is 4. The maximum atomic E-state index is 13.6. The minimum absolute atomic E-state index is 0.140. The molecule has 7 heteroatoms. The minimum Gasteiger partial charge on any atom is -0.351 e. The van der Waals surface area contributed by atoms with Crippen LogP contribution in [0.5, 0.6) is 0 Å². The molecule has 0 radical (unpaired) electrons. The van der Waals surface area contributed by atoms with Crippen molar-refractivity contribution >= 4 is 22.9 Å². The number of hydrogen-bond acceptors (Lipinski definition) is 5. The van der Waals surface area contributed by atoms with E-state index in [9.17, 15) is 4.79 Å². The number of aromatic amines is 1. The van der Waals surface area contributed by atoms with Gasteiger partial charge >= 0.3 is 0 Å². The number of rotatable bonds is 4. The van der Waals surface area contributed by atoms with Crippen LogP contribution in [0, 0.1) is 0 Å². The molecule has 7 nitrogen and oxygen atoms in total. The molecule has 2 aromatic heterocycles. The number of fused-ring (bicyclic) bond motifs is 1. The topological polar surface area (TPSA) is 78.0 Å². The van der Waals surface area contributed by atoms with E-state index in [1.165, 1.54) is 6.33 Å². The summed E-state index contributed by atoms with van der Waals surface area (Å²) < 4.78 is 0. The fraction of sp³-hybridized carbons (Fsp3) is 0.217. The van der Waals surface area contributed by atoms with Crippen molar-refractivity contribution in [3.63, 3.8) is 0 Å². The molecule has 5 rings (SSSR count). The Labute approximate surface area is 174 Å². The Hall–Kier alpha value is -3.74. The summed E-state index contributed by atoms with van der Waals surface area (Å²) >= 11 is 0. The van der Waals surface area contributed by atoms with Gasteiger partial charge in [-0.3, -0.25) is 4.79 Å². The van der Waals surface area contributed by atoms with Crippen LogP contribution in [0.15, 0.2) is 73.3 Å². The van der Waals surface area contributed by atoms with Crippen molar-refractivity contribution in [2.45, 2.75) is 5.92 Å². The molecule has 4 aromatic rings. The van der Waals surface area contributed by atoms with E-state index in [2.05, 4.69) is 24.8 Å². The number of nitrogens with one attached hydrogen (secondary N) is 1. The third-order valence-electron chi connectivity index (χ3n) is 5.61. The predicted molar refractivity (Wildman–Crippen MR) is 115 cm³/mol. The Morgan fingerprint density at radius 2 is 1.47 bits per heavy atom. The first-order chi connectivity index (χ1) is 14.8. The molecule has 0 unspecified atom stereocenters. The molecule has 0 spiro atoms. The Balaban J connectivity index is 1.37. The van der Waals surface area contributed by atoms with Crippen LogP contribution in [0.4, 0.5) is 5.82 Å². The quantitative estimate of drug-likeness (QED) is 0.572. The average molecular weight is 398 g/mol. The average Bonchev–Trinajstić information content (AvgIpc) is 3.30. The second kappa shape index (κ2) is 7.94. The van der Waals surface area contributed by atoms with Crippen LogP contribution < -0.4 is 4.90 Å². The van der Waals surface area contributed by atoms with Crippen LogP contribution in [-0.2, 0) is 4.79 Å². The van der Waals surface area contributed by atoms with E-state index in [1.54, 1.807) is 6.33 Å². The van der Waals surface area contributed by atoms with E-state index in [4.69, 9.17) is 0 Å². The van der Waals surface area contributed by atoms with Gasteiger partial charge < -0.3 is 14.8 Å². The summed E-state index contributed by atoms with van der Waals surface area (Å²) in [6.07, 6.45) is 3.17. The molecule has 0 aliphatic carbocycles. The van der Waals surface area contributed by atoms with Crippen LogP contribution in [0.3, 0.4) is 0 Å². The van der Waals surface area contributed by atoms with Crippen LogP contribution >= 0.6 is 0 Å². The maximum absolute atomic E-state index is 13.6. The standard InChI is InChI=1S/C23H22N6O/c30-23(19(17-7-3-1-4-8-17)18-9-5-2-6-10-18)29-13-11-28(12-14-29)22-20-21(25-15-24-20)26-16-27-22/h1-10,15-16,19H,11-14H2,(H,24,25,26,27). The van der Waals surface area contributed by atoms with E-state index < -0.39 is 0 Å². The number of benzene rings is 2. The molecule has 1 aliphatic rings. The number of piperazine rings is 1. The van der Waals surface area contributed by atoms with Gasteiger partial charge in [0.1, 0.15) is 11.8 Å². The number of anilines is 1. The molecule has 150 valence electrons. The molecule has 1 N–H and O–H groups in total. The molecule has 30 heavy (non-hydrogen) atoms. The zero-order chi connectivity index (χ0) is 20.3. The summed E-state index contributed by atoms with van der Waals surface area (Å²) in [6.45, 7) is 2.73. The lowest BCUT2D eigenvalue weighted by atomic mass is 9.90. The number of nitrogens with zero attached hydrogens (tertiary/aromatic N) is 5. The van der Waals surface area contributed by atoms with Crippen molar-refractivity contribution < 1.29 is 4.79 Å². The highest BCUT2D eigenvalue weighted by Gasteiger charge is 2.30. The van der Waals surface area contributed by atoms with Gasteiger partial charge in [0.15, 0.2) is 11.5 Å². The van der Waals surface area contributed by atoms with Gasteiger partial charge in [0.2, 0.25) is 5.91 Å². The first-order valence-electron chi connectivity index (χ1n) is 10.1. The van der Waals surface area contributed by atoms with Gasteiger partial charge in [-0.25, -0.2) is 15.0 Å². The molecular formula is C23H22N6O. The Kier molecular flexibility index (Phi) is 4.85. The number of imidazole rings is 1. The van der Waals surface area contributed by atoms with E-state index in [-0.39, 0.29) is 11.8 Å². The molecule has 1 amide bonds. The largest absolute Gasteiger partial charge is 0.351 e. The van der Waals surface area contributed by atoms with Gasteiger partial charge in [-0.2, -0.15) is 0 Å². The van der Waals surface area contributed by atoms with E-state index in [0.29, 0.717) is 31.8 Å². The van der Waals surface area contributed by atoms with Crippen LogP contribution in [0.2, 0.25) is 0 Å². The predicted octanol–water partition coefficient (Wildman–Crippen LogP) is 2.83. The van der Waals surface area contributed by atoms with E-state index in [1.807, 2.05) is 65.6 Å². The van der Waals surface area contributed by atoms with E-state index in [0.717, 1.165) is 22.5 Å². The van der Waals surface area contributed by atoms with Crippen LogP contribution in [-0.4, -0.2) is 56.9 Å². The van der Waals surface area contributed by atoms with Crippen molar-refractivity contribution in [1.82, 2.24) is 24.8 Å². The molecule has 1 aliphatic heterocycles. The number of amides is 1. The summed E-state index contributed by atoms with van der Waals surface area (Å²) in [5, 5.41) is 0. The maximum Gasteiger partial charge on any atom is 0.234 e.